The molecule has 0 amide bonds. The molecule has 0 bridgehead atoms. The summed E-state index contributed by atoms with van der Waals surface area (Å²) in [4.78, 5) is 0. The molecule has 4 heteroatoms. The maximum Gasteiger partial charge on any atom is 0.123 e. The molecule has 0 radical (unpaired) electrons. The molecule has 1 N–H and O–H groups in total. The fourth-order valence-corrected chi connectivity index (χ4v) is 3.90. The van der Waals surface area contributed by atoms with Gasteiger partial charge < -0.3 is 10.1 Å². The van der Waals surface area contributed by atoms with Crippen molar-refractivity contribution in [2.24, 2.45) is 0 Å². The van der Waals surface area contributed by atoms with Gasteiger partial charge in [0.2, 0.25) is 0 Å². The highest BCUT2D eigenvalue weighted by Crippen LogP contribution is 2.35. The minimum absolute atomic E-state index is 0.142. The minimum Gasteiger partial charge on any atom is -0.377 e. The van der Waals surface area contributed by atoms with E-state index >= 15 is 0 Å². The molecule has 1 fully saturated rings. The van der Waals surface area contributed by atoms with Crippen LogP contribution in [0.25, 0.3) is 0 Å². The molecular weight excluding hydrogens is 333 g/mol. The van der Waals surface area contributed by atoms with Crippen LogP contribution in [0.1, 0.15) is 44.1 Å². The van der Waals surface area contributed by atoms with Gasteiger partial charge in [0.25, 0.3) is 0 Å². The van der Waals surface area contributed by atoms with Gasteiger partial charge in [-0.25, -0.2) is 4.39 Å². The Bertz CT molecular complexity index is 458. The molecule has 1 aliphatic rings. The molecule has 2 rings (SSSR count). The van der Waals surface area contributed by atoms with E-state index < -0.39 is 0 Å². The van der Waals surface area contributed by atoms with Crippen molar-refractivity contribution in [1.82, 2.24) is 5.32 Å². The van der Waals surface area contributed by atoms with Gasteiger partial charge in [-0.1, -0.05) is 41.6 Å². The fourth-order valence-electron chi connectivity index (χ4n) is 3.49. The average Bonchev–Trinajstić information content (AvgIpc) is 2.74. The summed E-state index contributed by atoms with van der Waals surface area (Å²) in [7, 11) is 3.79. The van der Waals surface area contributed by atoms with Crippen molar-refractivity contribution in [3.8, 4) is 0 Å². The topological polar surface area (TPSA) is 21.3 Å². The molecule has 2 nitrogen and oxygen atoms in total. The molecule has 1 aliphatic carbocycles. The van der Waals surface area contributed by atoms with Crippen LogP contribution in [0, 0.1) is 5.82 Å². The zero-order chi connectivity index (χ0) is 15.3. The van der Waals surface area contributed by atoms with E-state index in [0.717, 1.165) is 29.3 Å². The zero-order valence-electron chi connectivity index (χ0n) is 12.9. The van der Waals surface area contributed by atoms with Gasteiger partial charge in [0.05, 0.1) is 5.60 Å². The summed E-state index contributed by atoms with van der Waals surface area (Å²) in [6.45, 7) is 0. The van der Waals surface area contributed by atoms with Crippen molar-refractivity contribution in [2.75, 3.05) is 14.2 Å². The smallest absolute Gasteiger partial charge is 0.123 e. The van der Waals surface area contributed by atoms with Crippen LogP contribution in [0.4, 0.5) is 4.39 Å². The lowest BCUT2D eigenvalue weighted by Gasteiger charge is -2.39. The second-order valence-electron chi connectivity index (χ2n) is 5.96. The first kappa shape index (κ1) is 16.9. The van der Waals surface area contributed by atoms with E-state index in [1.165, 1.54) is 31.7 Å². The maximum atomic E-state index is 13.5. The summed E-state index contributed by atoms with van der Waals surface area (Å²) in [5.74, 6) is -0.185. The lowest BCUT2D eigenvalue weighted by atomic mass is 9.82. The highest BCUT2D eigenvalue weighted by Gasteiger charge is 2.38. The molecule has 1 unspecified atom stereocenters. The maximum absolute atomic E-state index is 13.5. The molecule has 0 heterocycles. The van der Waals surface area contributed by atoms with E-state index in [4.69, 9.17) is 4.74 Å². The van der Waals surface area contributed by atoms with Crippen molar-refractivity contribution in [1.29, 1.82) is 0 Å². The number of nitrogens with one attached hydrogen (secondary N) is 1. The molecule has 1 aromatic rings. The van der Waals surface area contributed by atoms with Crippen LogP contribution in [0.5, 0.6) is 0 Å². The SMILES string of the molecule is CNC(Cc1cc(F)ccc1Br)C1(OC)CCCCCC1. The van der Waals surface area contributed by atoms with E-state index in [1.807, 2.05) is 14.2 Å². The van der Waals surface area contributed by atoms with Crippen LogP contribution in [-0.4, -0.2) is 25.8 Å². The van der Waals surface area contributed by atoms with Crippen LogP contribution in [0.3, 0.4) is 0 Å². The fraction of sp³-hybridized carbons (Fsp3) is 0.647. The van der Waals surface area contributed by atoms with Gasteiger partial charge in [0.1, 0.15) is 5.82 Å². The van der Waals surface area contributed by atoms with Crippen LogP contribution >= 0.6 is 15.9 Å². The highest BCUT2D eigenvalue weighted by atomic mass is 79.9. The standard InChI is InChI=1S/C17H25BrFNO/c1-20-16(12-13-11-14(19)7-8-15(13)18)17(21-2)9-5-3-4-6-10-17/h7-8,11,16,20H,3-6,9-10,12H2,1-2H3. The van der Waals surface area contributed by atoms with Gasteiger partial charge in [-0.3, -0.25) is 0 Å². The zero-order valence-corrected chi connectivity index (χ0v) is 14.5. The third-order valence-electron chi connectivity index (χ3n) is 4.77. The predicted octanol–water partition coefficient (Wildman–Crippen LogP) is 4.46. The number of rotatable bonds is 5. The summed E-state index contributed by atoms with van der Waals surface area (Å²) < 4.78 is 20.5. The van der Waals surface area contributed by atoms with E-state index in [9.17, 15) is 4.39 Å². The molecule has 0 aromatic heterocycles. The molecule has 21 heavy (non-hydrogen) atoms. The summed E-state index contributed by atoms with van der Waals surface area (Å²) in [6.07, 6.45) is 7.88. The molecule has 1 saturated carbocycles. The second-order valence-corrected chi connectivity index (χ2v) is 6.82. The lowest BCUT2D eigenvalue weighted by Crippen LogP contribution is -2.52. The van der Waals surface area contributed by atoms with Gasteiger partial charge in [0, 0.05) is 17.6 Å². The van der Waals surface area contributed by atoms with Crippen molar-refractivity contribution in [3.05, 3.63) is 34.1 Å². The Labute approximate surface area is 135 Å². The van der Waals surface area contributed by atoms with Crippen LogP contribution < -0.4 is 5.32 Å². The number of benzene rings is 1. The van der Waals surface area contributed by atoms with E-state index in [0.29, 0.717) is 0 Å². The van der Waals surface area contributed by atoms with Crippen molar-refractivity contribution in [2.45, 2.75) is 56.6 Å². The van der Waals surface area contributed by atoms with Crippen molar-refractivity contribution in [3.63, 3.8) is 0 Å². The quantitative estimate of drug-likeness (QED) is 0.785. The van der Waals surface area contributed by atoms with E-state index in [-0.39, 0.29) is 17.5 Å². The van der Waals surface area contributed by atoms with Gasteiger partial charge in [-0.05, 0) is 50.1 Å². The first-order valence-electron chi connectivity index (χ1n) is 7.77. The number of hydrogen-bond acceptors (Lipinski definition) is 2. The molecule has 0 saturated heterocycles. The van der Waals surface area contributed by atoms with E-state index in [2.05, 4.69) is 21.2 Å². The van der Waals surface area contributed by atoms with Crippen LogP contribution in [0.15, 0.2) is 22.7 Å². The minimum atomic E-state index is -0.185. The van der Waals surface area contributed by atoms with Crippen molar-refractivity contribution >= 4 is 15.9 Å². The number of methoxy groups -OCH3 is 1. The third-order valence-corrected chi connectivity index (χ3v) is 5.55. The highest BCUT2D eigenvalue weighted by molar-refractivity contribution is 9.10. The Morgan fingerprint density at radius 1 is 1.29 bits per heavy atom. The first-order valence-corrected chi connectivity index (χ1v) is 8.57. The summed E-state index contributed by atoms with van der Waals surface area (Å²) in [5.41, 5.74) is 0.854. The number of likely N-dealkylation sites (N-methyl/N-ethyl adjacent to an activating group) is 1. The summed E-state index contributed by atoms with van der Waals surface area (Å²) in [5, 5.41) is 3.42. The molecule has 118 valence electrons. The Morgan fingerprint density at radius 3 is 2.52 bits per heavy atom. The molecule has 1 aromatic carbocycles. The van der Waals surface area contributed by atoms with Gasteiger partial charge in [-0.2, -0.15) is 0 Å². The Hall–Kier alpha value is -0.450. The monoisotopic (exact) mass is 357 g/mol. The summed E-state index contributed by atoms with van der Waals surface area (Å²) in [6, 6.07) is 5.08. The first-order chi connectivity index (χ1) is 10.1. The Kier molecular flexibility index (Phi) is 6.20. The summed E-state index contributed by atoms with van der Waals surface area (Å²) >= 11 is 3.53. The Balaban J connectivity index is 2.22. The molecule has 0 aliphatic heterocycles. The number of ether oxygens (including phenoxy) is 1. The second kappa shape index (κ2) is 7.70. The number of halogens is 2. The molecule has 0 spiro atoms. The molecule has 1 atom stereocenters. The lowest BCUT2D eigenvalue weighted by molar-refractivity contribution is -0.0509. The largest absolute Gasteiger partial charge is 0.377 e. The normalized spacial score (nSPS) is 20.0. The average molecular weight is 358 g/mol. The van der Waals surface area contributed by atoms with Crippen molar-refractivity contribution < 1.29 is 9.13 Å². The Morgan fingerprint density at radius 2 is 1.95 bits per heavy atom. The van der Waals surface area contributed by atoms with Gasteiger partial charge >= 0.3 is 0 Å². The van der Waals surface area contributed by atoms with Crippen LogP contribution in [-0.2, 0) is 11.2 Å². The van der Waals surface area contributed by atoms with Gasteiger partial charge in [0.15, 0.2) is 0 Å². The predicted molar refractivity (Wildman–Crippen MR) is 88.1 cm³/mol. The molecular formula is C17H25BrFNO. The van der Waals surface area contributed by atoms with Gasteiger partial charge in [-0.15, -0.1) is 0 Å². The van der Waals surface area contributed by atoms with Crippen LogP contribution in [0.2, 0.25) is 0 Å². The number of hydrogen-bond donors (Lipinski definition) is 1. The van der Waals surface area contributed by atoms with E-state index in [1.54, 1.807) is 12.1 Å². The third kappa shape index (κ3) is 4.05.